The van der Waals surface area contributed by atoms with Crippen molar-refractivity contribution in [3.8, 4) is 5.75 Å². The number of hydrogen-bond donors (Lipinski definition) is 0. The lowest BCUT2D eigenvalue weighted by Gasteiger charge is -2.34. The molecule has 1 aromatic carbocycles. The van der Waals surface area contributed by atoms with Crippen LogP contribution in [0.25, 0.3) is 0 Å². The fourth-order valence-corrected chi connectivity index (χ4v) is 2.27. The van der Waals surface area contributed by atoms with Crippen LogP contribution in [0, 0.1) is 0 Å². The third kappa shape index (κ3) is 2.94. The van der Waals surface area contributed by atoms with E-state index in [2.05, 4.69) is 35.0 Å². The molecule has 0 N–H and O–H groups in total. The second-order valence-electron chi connectivity index (χ2n) is 4.72. The van der Waals surface area contributed by atoms with Crippen LogP contribution in [-0.2, 0) is 11.3 Å². The van der Waals surface area contributed by atoms with E-state index in [1.54, 1.807) is 14.2 Å². The molecule has 1 saturated heterocycles. The Labute approximate surface area is 109 Å². The van der Waals surface area contributed by atoms with E-state index in [1.165, 1.54) is 5.69 Å². The maximum atomic E-state index is 5.43. The second-order valence-corrected chi connectivity index (χ2v) is 4.72. The minimum atomic E-state index is 0.589. The van der Waals surface area contributed by atoms with Gasteiger partial charge in [0.1, 0.15) is 5.75 Å². The quantitative estimate of drug-likeness (QED) is 0.810. The zero-order valence-corrected chi connectivity index (χ0v) is 11.5. The summed E-state index contributed by atoms with van der Waals surface area (Å²) < 4.78 is 10.6. The minimum Gasteiger partial charge on any atom is -0.496 e. The number of nitrogens with zero attached hydrogens (tertiary/aromatic N) is 2. The van der Waals surface area contributed by atoms with Crippen LogP contribution in [0.4, 0.5) is 5.69 Å². The van der Waals surface area contributed by atoms with Gasteiger partial charge in [-0.1, -0.05) is 6.07 Å². The standard InChI is InChI=1S/C14H22N2O2/c1-15-6-8-16(9-7-15)13-5-4-12(11-17-2)14(10-13)18-3/h4-5,10H,6-9,11H2,1-3H3. The Morgan fingerprint density at radius 3 is 2.44 bits per heavy atom. The van der Waals surface area contributed by atoms with Crippen molar-refractivity contribution in [1.82, 2.24) is 4.90 Å². The maximum absolute atomic E-state index is 5.43. The molecule has 0 saturated carbocycles. The Morgan fingerprint density at radius 2 is 1.83 bits per heavy atom. The molecule has 4 heteroatoms. The highest BCUT2D eigenvalue weighted by molar-refractivity contribution is 5.54. The molecule has 1 heterocycles. The molecule has 0 atom stereocenters. The summed E-state index contributed by atoms with van der Waals surface area (Å²) in [4.78, 5) is 4.76. The van der Waals surface area contributed by atoms with Crippen molar-refractivity contribution in [3.63, 3.8) is 0 Å². The molecule has 1 fully saturated rings. The van der Waals surface area contributed by atoms with Gasteiger partial charge in [-0.25, -0.2) is 0 Å². The largest absolute Gasteiger partial charge is 0.496 e. The van der Waals surface area contributed by atoms with E-state index in [-0.39, 0.29) is 0 Å². The summed E-state index contributed by atoms with van der Waals surface area (Å²) in [5.41, 5.74) is 2.33. The predicted octanol–water partition coefficient (Wildman–Crippen LogP) is 1.59. The SMILES string of the molecule is COCc1ccc(N2CCN(C)CC2)cc1OC. The van der Waals surface area contributed by atoms with Gasteiger partial charge in [0.05, 0.1) is 13.7 Å². The van der Waals surface area contributed by atoms with Gasteiger partial charge in [0.25, 0.3) is 0 Å². The van der Waals surface area contributed by atoms with Crippen molar-refractivity contribution >= 4 is 5.69 Å². The van der Waals surface area contributed by atoms with E-state index in [9.17, 15) is 0 Å². The second kappa shape index (κ2) is 6.07. The van der Waals surface area contributed by atoms with Crippen molar-refractivity contribution in [2.75, 3.05) is 52.3 Å². The fourth-order valence-electron chi connectivity index (χ4n) is 2.27. The first-order chi connectivity index (χ1) is 8.74. The molecule has 0 spiro atoms. The summed E-state index contributed by atoms with van der Waals surface area (Å²) in [6, 6.07) is 6.36. The van der Waals surface area contributed by atoms with E-state index in [4.69, 9.17) is 9.47 Å². The Hall–Kier alpha value is -1.26. The number of piperazine rings is 1. The van der Waals surface area contributed by atoms with Crippen LogP contribution >= 0.6 is 0 Å². The average Bonchev–Trinajstić information content (AvgIpc) is 2.40. The van der Waals surface area contributed by atoms with Crippen molar-refractivity contribution in [1.29, 1.82) is 0 Å². The third-order valence-electron chi connectivity index (χ3n) is 3.44. The highest BCUT2D eigenvalue weighted by atomic mass is 16.5. The molecular weight excluding hydrogens is 228 g/mol. The molecule has 4 nitrogen and oxygen atoms in total. The summed E-state index contributed by atoms with van der Waals surface area (Å²) in [6.45, 7) is 4.96. The number of rotatable bonds is 4. The minimum absolute atomic E-state index is 0.589. The molecule has 0 unspecified atom stereocenters. The predicted molar refractivity (Wildman–Crippen MR) is 73.4 cm³/mol. The highest BCUT2D eigenvalue weighted by Gasteiger charge is 2.15. The number of likely N-dealkylation sites (N-methyl/N-ethyl adjacent to an activating group) is 1. The fraction of sp³-hybridized carbons (Fsp3) is 0.571. The highest BCUT2D eigenvalue weighted by Crippen LogP contribution is 2.26. The first kappa shape index (κ1) is 13.2. The van der Waals surface area contributed by atoms with Crippen molar-refractivity contribution in [3.05, 3.63) is 23.8 Å². The lowest BCUT2D eigenvalue weighted by atomic mass is 10.1. The van der Waals surface area contributed by atoms with Gasteiger partial charge in [0.2, 0.25) is 0 Å². The van der Waals surface area contributed by atoms with Crippen molar-refractivity contribution in [2.45, 2.75) is 6.61 Å². The van der Waals surface area contributed by atoms with Gasteiger partial charge < -0.3 is 19.3 Å². The lowest BCUT2D eigenvalue weighted by Crippen LogP contribution is -2.44. The Bertz CT molecular complexity index is 387. The van der Waals surface area contributed by atoms with Gasteiger partial charge in [-0.3, -0.25) is 0 Å². The van der Waals surface area contributed by atoms with E-state index in [1.807, 2.05) is 0 Å². The average molecular weight is 250 g/mol. The first-order valence-corrected chi connectivity index (χ1v) is 6.34. The first-order valence-electron chi connectivity index (χ1n) is 6.34. The number of benzene rings is 1. The lowest BCUT2D eigenvalue weighted by molar-refractivity contribution is 0.181. The zero-order valence-electron chi connectivity index (χ0n) is 11.5. The Morgan fingerprint density at radius 1 is 1.11 bits per heavy atom. The van der Waals surface area contributed by atoms with Crippen LogP contribution in [0.1, 0.15) is 5.56 Å². The molecule has 18 heavy (non-hydrogen) atoms. The molecule has 100 valence electrons. The molecule has 1 aliphatic heterocycles. The monoisotopic (exact) mass is 250 g/mol. The summed E-state index contributed by atoms with van der Waals surface area (Å²) in [6.07, 6.45) is 0. The zero-order chi connectivity index (χ0) is 13.0. The maximum Gasteiger partial charge on any atom is 0.126 e. The van der Waals surface area contributed by atoms with E-state index in [0.29, 0.717) is 6.61 Å². The van der Waals surface area contributed by atoms with Crippen LogP contribution in [0.5, 0.6) is 5.75 Å². The molecule has 0 radical (unpaired) electrons. The summed E-state index contributed by atoms with van der Waals surface area (Å²) in [5, 5.41) is 0. The van der Waals surface area contributed by atoms with E-state index >= 15 is 0 Å². The van der Waals surface area contributed by atoms with Gasteiger partial charge >= 0.3 is 0 Å². The van der Waals surface area contributed by atoms with E-state index < -0.39 is 0 Å². The van der Waals surface area contributed by atoms with Crippen LogP contribution in [0.2, 0.25) is 0 Å². The topological polar surface area (TPSA) is 24.9 Å². The van der Waals surface area contributed by atoms with Gasteiger partial charge in [-0.05, 0) is 13.1 Å². The number of ether oxygens (including phenoxy) is 2. The molecule has 1 aliphatic rings. The number of methoxy groups -OCH3 is 2. The molecule has 0 bridgehead atoms. The molecule has 0 amide bonds. The molecule has 0 aromatic heterocycles. The van der Waals surface area contributed by atoms with Gasteiger partial charge in [0.15, 0.2) is 0 Å². The third-order valence-corrected chi connectivity index (χ3v) is 3.44. The van der Waals surface area contributed by atoms with Crippen LogP contribution in [0.15, 0.2) is 18.2 Å². The summed E-state index contributed by atoms with van der Waals surface area (Å²) in [5.74, 6) is 0.910. The summed E-state index contributed by atoms with van der Waals surface area (Å²) >= 11 is 0. The smallest absolute Gasteiger partial charge is 0.126 e. The summed E-state index contributed by atoms with van der Waals surface area (Å²) in [7, 11) is 5.58. The van der Waals surface area contributed by atoms with Crippen molar-refractivity contribution in [2.24, 2.45) is 0 Å². The Balaban J connectivity index is 2.14. The van der Waals surface area contributed by atoms with E-state index in [0.717, 1.165) is 37.5 Å². The number of hydrogen-bond acceptors (Lipinski definition) is 4. The van der Waals surface area contributed by atoms with Gasteiger partial charge in [-0.15, -0.1) is 0 Å². The van der Waals surface area contributed by atoms with Crippen LogP contribution < -0.4 is 9.64 Å². The molecular formula is C14H22N2O2. The van der Waals surface area contributed by atoms with Crippen molar-refractivity contribution < 1.29 is 9.47 Å². The van der Waals surface area contributed by atoms with Crippen LogP contribution in [0.3, 0.4) is 0 Å². The van der Waals surface area contributed by atoms with Gasteiger partial charge in [-0.2, -0.15) is 0 Å². The van der Waals surface area contributed by atoms with Gasteiger partial charge in [0, 0.05) is 50.6 Å². The molecule has 1 aromatic rings. The number of anilines is 1. The normalized spacial score (nSPS) is 16.9. The molecule has 2 rings (SSSR count). The Kier molecular flexibility index (Phi) is 4.44. The molecule has 0 aliphatic carbocycles. The van der Waals surface area contributed by atoms with Crippen LogP contribution in [-0.4, -0.2) is 52.3 Å².